The number of piperazine rings is 1. The highest BCUT2D eigenvalue weighted by molar-refractivity contribution is 7.24. The van der Waals surface area contributed by atoms with Crippen LogP contribution < -0.4 is 57.5 Å². The van der Waals surface area contributed by atoms with Crippen molar-refractivity contribution < 1.29 is 58.9 Å². The van der Waals surface area contributed by atoms with Crippen molar-refractivity contribution in [1.82, 2.24) is 121 Å². The van der Waals surface area contributed by atoms with Crippen molar-refractivity contribution in [2.24, 2.45) is 0 Å². The van der Waals surface area contributed by atoms with Gasteiger partial charge >= 0.3 is 24.1 Å². The molecule has 2 aliphatic heterocycles. The Morgan fingerprint density at radius 1 is 0.426 bits per heavy atom. The van der Waals surface area contributed by atoms with Gasteiger partial charge in [-0.2, -0.15) is 0 Å². The summed E-state index contributed by atoms with van der Waals surface area (Å²) in [6.45, 7) is 32.3. The average Bonchev–Trinajstić information content (AvgIpc) is 1.61. The largest absolute Gasteiger partial charge is 0.491 e. The third kappa shape index (κ3) is 28.0. The average molecular weight is 2080 g/mol. The Balaban J connectivity index is 0.000000148. The van der Waals surface area contributed by atoms with Crippen LogP contribution in [0, 0.1) is 0 Å². The van der Waals surface area contributed by atoms with Crippen LogP contribution in [0.3, 0.4) is 0 Å². The fraction of sp³-hybridized carbons (Fsp3) is 0.353. The number of anilines is 6. The van der Waals surface area contributed by atoms with Gasteiger partial charge in [0.15, 0.2) is 55.5 Å². The molecule has 14 heterocycles. The minimum atomic E-state index is -1.15. The number of likely N-dealkylation sites (N-methyl/N-ethyl adjacent to an activating group) is 1. The maximum atomic E-state index is 12.2. The molecule has 14 N–H and O–H groups in total. The van der Waals surface area contributed by atoms with Gasteiger partial charge in [-0.3, -0.25) is 36.1 Å². The predicted octanol–water partition coefficient (Wildman–Crippen LogP) is 15.1. The first kappa shape index (κ1) is 108. The molecule has 16 aromatic rings. The second-order valence-corrected chi connectivity index (χ2v) is 39.9. The summed E-state index contributed by atoms with van der Waals surface area (Å²) in [5.41, 5.74) is 11.6. The van der Waals surface area contributed by atoms with Crippen LogP contribution in [0.15, 0.2) is 159 Å². The molecule has 2 aliphatic rings. The molecule has 148 heavy (non-hydrogen) atoms. The summed E-state index contributed by atoms with van der Waals surface area (Å²) in [4.78, 5) is 137. The van der Waals surface area contributed by atoms with Crippen LogP contribution in [-0.2, 0) is 32.8 Å². The molecule has 2 fully saturated rings. The topological polar surface area (TPSA) is 547 Å². The normalized spacial score (nSPS) is 13.6. The van der Waals surface area contributed by atoms with Crippen molar-refractivity contribution >= 4 is 143 Å². The van der Waals surface area contributed by atoms with E-state index in [-0.39, 0.29) is 30.2 Å². The van der Waals surface area contributed by atoms with Gasteiger partial charge in [-0.1, -0.05) is 52.3 Å². The van der Waals surface area contributed by atoms with Crippen molar-refractivity contribution in [1.29, 1.82) is 0 Å². The lowest BCUT2D eigenvalue weighted by atomic mass is 10.0. The summed E-state index contributed by atoms with van der Waals surface area (Å²) in [6.07, 6.45) is 20.1. The number of rotatable bonds is 32. The number of pyridine rings is 2. The van der Waals surface area contributed by atoms with E-state index in [4.69, 9.17) is 19.2 Å². The van der Waals surface area contributed by atoms with Crippen LogP contribution >= 0.6 is 45.3 Å². The van der Waals surface area contributed by atoms with Gasteiger partial charge < -0.3 is 76.1 Å². The SMILES string of the molecule is CCNC(=O)Nc1nc2cc(-c3cnc(C(C)(C)O)nc3)cc(-c3cc(OCCOC)ccn3)c2s1.CCNC(=O)Nc1nc2cc(-c3cnc(C(C)(C)O)nc3)cc(-c3nccc(N4CCN(CC)CC4)n3)c2s1.CCNC(=O)Nc1nc2cc(-c3cnc(C(C)(C)O)nc3)cc(-c3nccc(NCCOC)n3)c2s1.CCNC(=O)Nc1nc2cc(-c3cnc(C(C)O)nc3)cc(-c3cc(CN4CC[C@@H](O)C4)ccn3)c2s1. The highest BCUT2D eigenvalue weighted by Gasteiger charge is 2.29. The Kier molecular flexibility index (Phi) is 35.8. The third-order valence-corrected chi connectivity index (χ3v) is 27.1. The number of fused-ring (bicyclic) bond motifs is 4. The van der Waals surface area contributed by atoms with Crippen LogP contribution in [0.1, 0.15) is 124 Å². The van der Waals surface area contributed by atoms with Gasteiger partial charge in [-0.05, 0) is 196 Å². The Bertz CT molecular complexity index is 7070. The Morgan fingerprint density at radius 2 is 0.811 bits per heavy atom. The molecule has 0 aliphatic carbocycles. The molecule has 12 aromatic heterocycles. The number of nitrogens with one attached hydrogen (secondary N) is 9. The molecule has 772 valence electrons. The molecule has 0 spiro atoms. The van der Waals surface area contributed by atoms with Crippen molar-refractivity contribution in [3.05, 3.63) is 188 Å². The fourth-order valence-electron chi connectivity index (χ4n) is 15.7. The monoisotopic (exact) mass is 2080 g/mol. The van der Waals surface area contributed by atoms with Crippen molar-refractivity contribution in [2.45, 2.75) is 125 Å². The highest BCUT2D eigenvalue weighted by atomic mass is 32.1. The predicted molar refractivity (Wildman–Crippen MR) is 576 cm³/mol. The molecule has 0 radical (unpaired) electrons. The van der Waals surface area contributed by atoms with Crippen LogP contribution in [0.2, 0.25) is 0 Å². The quantitative estimate of drug-likeness (QED) is 0.0174. The van der Waals surface area contributed by atoms with Gasteiger partial charge in [0.1, 0.15) is 46.9 Å². The number of benzene rings is 4. The van der Waals surface area contributed by atoms with Crippen molar-refractivity contribution in [3.8, 4) is 95.5 Å². The summed E-state index contributed by atoms with van der Waals surface area (Å²) in [6, 6.07) is 25.9. The molecule has 2 saturated heterocycles. The number of aliphatic hydroxyl groups is 5. The zero-order valence-electron chi connectivity index (χ0n) is 84.3. The molecule has 4 aromatic carbocycles. The molecule has 2 atom stereocenters. The maximum Gasteiger partial charge on any atom is 0.321 e. The summed E-state index contributed by atoms with van der Waals surface area (Å²) in [7, 11) is 3.26. The number of aliphatic hydroxyl groups excluding tert-OH is 2. The van der Waals surface area contributed by atoms with Crippen molar-refractivity contribution in [2.75, 3.05) is 144 Å². The lowest BCUT2D eigenvalue weighted by molar-refractivity contribution is 0.0682. The number of urea groups is 4. The summed E-state index contributed by atoms with van der Waals surface area (Å²) < 4.78 is 19.4. The number of thiazole rings is 4. The van der Waals surface area contributed by atoms with Gasteiger partial charge in [0.2, 0.25) is 0 Å². The van der Waals surface area contributed by atoms with Crippen LogP contribution in [0.5, 0.6) is 5.75 Å². The van der Waals surface area contributed by atoms with E-state index in [1.54, 1.807) is 149 Å². The van der Waals surface area contributed by atoms with Gasteiger partial charge in [0, 0.05) is 218 Å². The summed E-state index contributed by atoms with van der Waals surface area (Å²) >= 11 is 5.48. The summed E-state index contributed by atoms with van der Waals surface area (Å²) in [5, 5.41) is 77.5. The second-order valence-electron chi connectivity index (χ2n) is 35.9. The standard InChI is InChI=1S/C27H33N9O2S.C26H29N7O3S.C25H28N6O4S.C24H28N8O3S/c1-5-28-25(37)34-26-32-20-14-17(18-15-30-24(31-16-18)27(3,4)38)13-19(22(20)39-26)23-29-8-7-21(33-23)36-11-9-35(6-2)10-12-36;1-3-27-25(36)32-26-31-22-10-17(18-11-29-24(15(2)34)30-12-18)9-20(23(22)37-26)21-8-16(4-6-28-21)13-33-7-5-19(35)14-33;1-5-26-23(32)31-24-30-20-11-15(16-13-28-22(29-14-16)25(2,3)33)10-18(21(20)36-24)19-12-17(6-7-27-19)35-9-8-34-4;1-5-25-22(33)32-23-30-17-11-14(15-12-28-21(29-13-15)24(2,3)34)10-16(19(17)36-23)20-27-7-6-18(31-20)26-8-9-35-4/h7-8,13-16,38H,5-6,9-12H2,1-4H3,(H2,28,32,34,37);4,6,8-12,15,19,34-35H,3,5,7,13-14H2,1-2H3,(H2,27,31,32,36);6-7,10-14,33H,5,8-9H2,1-4H3,(H2,26,30,31,32);6-7,10-13,34H,5,8-9H2,1-4H3,(H,26,27,31)(H2,25,30,32,33)/t;15?,19-;;/m.1../s1. The van der Waals surface area contributed by atoms with E-state index in [1.165, 1.54) is 45.3 Å². The smallest absolute Gasteiger partial charge is 0.321 e. The molecule has 42 nitrogen and oxygen atoms in total. The zero-order valence-corrected chi connectivity index (χ0v) is 87.6. The van der Waals surface area contributed by atoms with Crippen LogP contribution in [0.4, 0.5) is 51.3 Å². The van der Waals surface area contributed by atoms with Crippen molar-refractivity contribution in [3.63, 3.8) is 0 Å². The Morgan fingerprint density at radius 3 is 1.20 bits per heavy atom. The number of carbonyl (C=O) groups is 4. The minimum absolute atomic E-state index is 0.270. The molecular formula is C102H118N30O12S4. The van der Waals surface area contributed by atoms with E-state index in [9.17, 15) is 44.7 Å². The van der Waals surface area contributed by atoms with E-state index in [0.29, 0.717) is 148 Å². The lowest BCUT2D eigenvalue weighted by Crippen LogP contribution is -2.46. The van der Waals surface area contributed by atoms with E-state index >= 15 is 0 Å². The fourth-order valence-corrected chi connectivity index (χ4v) is 19.5. The Labute approximate surface area is 869 Å². The number of β-amino-alcohol motifs (C(OH)–C–C–N with tert-alkyl or cyclic N) is 1. The molecule has 8 amide bonds. The van der Waals surface area contributed by atoms with Gasteiger partial charge in [0.25, 0.3) is 0 Å². The van der Waals surface area contributed by atoms with E-state index in [2.05, 4.69) is 160 Å². The molecule has 1 unspecified atom stereocenters. The van der Waals surface area contributed by atoms with E-state index in [1.807, 2.05) is 94.4 Å². The van der Waals surface area contributed by atoms with Gasteiger partial charge in [-0.15, -0.1) is 0 Å². The molecular weight excluding hydrogens is 1970 g/mol. The van der Waals surface area contributed by atoms with E-state index < -0.39 is 22.9 Å². The van der Waals surface area contributed by atoms with Gasteiger partial charge in [-0.25, -0.2) is 98.9 Å². The third-order valence-electron chi connectivity index (χ3n) is 23.0. The summed E-state index contributed by atoms with van der Waals surface area (Å²) in [5.74, 6) is 4.66. The number of amides is 8. The second kappa shape index (κ2) is 49.2. The first-order valence-electron chi connectivity index (χ1n) is 48.2. The Hall–Kier alpha value is -14.7. The van der Waals surface area contributed by atoms with Crippen LogP contribution in [0.25, 0.3) is 131 Å². The number of ether oxygens (including phenoxy) is 3. The van der Waals surface area contributed by atoms with Crippen LogP contribution in [-0.4, -0.2) is 268 Å². The van der Waals surface area contributed by atoms with E-state index in [0.717, 1.165) is 160 Å². The lowest BCUT2D eigenvalue weighted by Gasteiger charge is -2.34. The first-order valence-corrected chi connectivity index (χ1v) is 51.4. The molecule has 0 bridgehead atoms. The number of aromatic nitrogens is 18. The minimum Gasteiger partial charge on any atom is -0.491 e. The number of hydrogen-bond acceptors (Lipinski definition) is 38. The number of hydrogen-bond donors (Lipinski definition) is 14. The number of carbonyl (C=O) groups excluding carboxylic acids is 4. The molecule has 0 saturated carbocycles. The van der Waals surface area contributed by atoms with Gasteiger partial charge in [0.05, 0.1) is 71.6 Å². The first-order chi connectivity index (χ1) is 71.2. The number of likely N-dealkylation sites (tertiary alicyclic amines) is 1. The molecule has 18 rings (SSSR count). The number of methoxy groups -OCH3 is 2. The highest BCUT2D eigenvalue weighted by Crippen LogP contribution is 2.45. The maximum absolute atomic E-state index is 12.2. The zero-order chi connectivity index (χ0) is 105. The number of nitrogens with zero attached hydrogens (tertiary/aromatic N) is 21. The molecule has 46 heteroatoms.